The Kier molecular flexibility index (Phi) is 2.11. The molecule has 5 nitrogen and oxygen atoms in total. The number of carbonyl (C=O) groups is 1. The van der Waals surface area contributed by atoms with Gasteiger partial charge in [-0.25, -0.2) is 0 Å². The first kappa shape index (κ1) is 6.88. The number of hydrogen-bond donors (Lipinski definition) is 1. The Morgan fingerprint density at radius 2 is 2.10 bits per heavy atom. The Morgan fingerprint density at radius 3 is 2.60 bits per heavy atom. The summed E-state index contributed by atoms with van der Waals surface area (Å²) < 4.78 is 1.50. The van der Waals surface area contributed by atoms with Gasteiger partial charge in [0, 0.05) is 0 Å². The number of carbonyl (C=O) groups excluding carboxylic acids is 1. The van der Waals surface area contributed by atoms with Gasteiger partial charge in [-0.3, -0.25) is 4.79 Å². The van der Waals surface area contributed by atoms with E-state index in [1.54, 1.807) is 0 Å². The van der Waals surface area contributed by atoms with Crippen LogP contribution in [0.25, 0.3) is 0 Å². The van der Waals surface area contributed by atoms with Gasteiger partial charge in [-0.05, 0) is 0 Å². The van der Waals surface area contributed by atoms with Gasteiger partial charge in [-0.2, -0.15) is 0 Å². The van der Waals surface area contributed by atoms with E-state index in [4.69, 9.17) is 5.11 Å². The Hall–Kier alpha value is -1.23. The highest BCUT2D eigenvalue weighted by Crippen LogP contribution is 1.82. The fraction of sp³-hybridized carbons (Fsp3) is 0.400. The molecule has 54 valence electrons. The van der Waals surface area contributed by atoms with Crippen LogP contribution in [0.2, 0.25) is 0 Å². The lowest BCUT2D eigenvalue weighted by molar-refractivity contribution is -0.122. The number of rotatable bonds is 3. The second-order valence-electron chi connectivity index (χ2n) is 1.83. The first-order valence-electron chi connectivity index (χ1n) is 2.78. The smallest absolute Gasteiger partial charge is 0.177 e. The van der Waals surface area contributed by atoms with Crippen molar-refractivity contribution in [2.24, 2.45) is 0 Å². The molecule has 0 aliphatic rings. The van der Waals surface area contributed by atoms with E-state index < -0.39 is 6.61 Å². The molecule has 1 rings (SSSR count). The molecule has 0 aliphatic heterocycles. The average Bonchev–Trinajstić information content (AvgIpc) is 2.40. The van der Waals surface area contributed by atoms with E-state index in [9.17, 15) is 4.79 Å². The van der Waals surface area contributed by atoms with Gasteiger partial charge >= 0.3 is 0 Å². The molecule has 1 heterocycles. The molecule has 10 heavy (non-hydrogen) atoms. The zero-order valence-corrected chi connectivity index (χ0v) is 5.27. The van der Waals surface area contributed by atoms with Crippen LogP contribution in [0, 0.1) is 0 Å². The molecular weight excluding hydrogens is 134 g/mol. The van der Waals surface area contributed by atoms with E-state index in [-0.39, 0.29) is 12.3 Å². The van der Waals surface area contributed by atoms with E-state index in [1.807, 2.05) is 0 Å². The lowest BCUT2D eigenvalue weighted by Gasteiger charge is -1.94. The quantitative estimate of drug-likeness (QED) is 0.576. The van der Waals surface area contributed by atoms with E-state index in [2.05, 4.69) is 10.2 Å². The van der Waals surface area contributed by atoms with Crippen molar-refractivity contribution in [1.82, 2.24) is 14.8 Å². The first-order valence-corrected chi connectivity index (χ1v) is 2.78. The molecule has 0 aliphatic carbocycles. The summed E-state index contributed by atoms with van der Waals surface area (Å²) in [5.74, 6) is -0.250. The van der Waals surface area contributed by atoms with Crippen LogP contribution in [-0.4, -0.2) is 32.3 Å². The number of aliphatic hydroxyl groups is 1. The van der Waals surface area contributed by atoms with E-state index >= 15 is 0 Å². The normalized spacial score (nSPS) is 9.70. The maximum absolute atomic E-state index is 10.6. The minimum absolute atomic E-state index is 0.142. The van der Waals surface area contributed by atoms with Crippen molar-refractivity contribution in [2.75, 3.05) is 6.61 Å². The van der Waals surface area contributed by atoms with Gasteiger partial charge in [0.1, 0.15) is 19.3 Å². The Bertz CT molecular complexity index is 207. The highest BCUT2D eigenvalue weighted by molar-refractivity contribution is 5.79. The zero-order chi connectivity index (χ0) is 7.40. The molecular formula is C5H7N3O2. The van der Waals surface area contributed by atoms with Gasteiger partial charge in [0.05, 0.1) is 6.54 Å². The Labute approximate surface area is 57.3 Å². The zero-order valence-electron chi connectivity index (χ0n) is 5.27. The summed E-state index contributed by atoms with van der Waals surface area (Å²) in [7, 11) is 0. The predicted molar refractivity (Wildman–Crippen MR) is 32.1 cm³/mol. The molecule has 0 spiro atoms. The lowest BCUT2D eigenvalue weighted by atomic mass is 10.4. The third-order valence-electron chi connectivity index (χ3n) is 1.00. The van der Waals surface area contributed by atoms with Crippen molar-refractivity contribution in [3.8, 4) is 0 Å². The number of aliphatic hydroxyl groups excluding tert-OH is 1. The van der Waals surface area contributed by atoms with E-state index in [1.165, 1.54) is 17.2 Å². The Balaban J connectivity index is 2.48. The monoisotopic (exact) mass is 141 g/mol. The minimum atomic E-state index is -0.432. The highest BCUT2D eigenvalue weighted by Gasteiger charge is 1.98. The third-order valence-corrected chi connectivity index (χ3v) is 1.00. The van der Waals surface area contributed by atoms with Gasteiger partial charge in [-0.1, -0.05) is 0 Å². The predicted octanol–water partition coefficient (Wildman–Crippen LogP) is -1.16. The summed E-state index contributed by atoms with van der Waals surface area (Å²) in [6, 6.07) is 0. The van der Waals surface area contributed by atoms with Crippen molar-refractivity contribution in [3.05, 3.63) is 12.7 Å². The van der Waals surface area contributed by atoms with Crippen LogP contribution in [0.15, 0.2) is 12.7 Å². The number of nitrogens with zero attached hydrogens (tertiary/aromatic N) is 3. The van der Waals surface area contributed by atoms with Crippen LogP contribution in [0.5, 0.6) is 0 Å². The molecule has 0 aromatic carbocycles. The first-order chi connectivity index (χ1) is 4.83. The molecule has 0 radical (unpaired) electrons. The third kappa shape index (κ3) is 1.63. The Morgan fingerprint density at radius 1 is 1.50 bits per heavy atom. The summed E-state index contributed by atoms with van der Waals surface area (Å²) in [4.78, 5) is 10.6. The molecule has 0 saturated heterocycles. The van der Waals surface area contributed by atoms with Crippen molar-refractivity contribution < 1.29 is 9.90 Å². The number of hydrogen-bond acceptors (Lipinski definition) is 4. The maximum Gasteiger partial charge on any atom is 0.177 e. The SMILES string of the molecule is O=C(CO)Cn1cnnc1. The van der Waals surface area contributed by atoms with Crippen molar-refractivity contribution in [2.45, 2.75) is 6.54 Å². The molecule has 0 fully saturated rings. The number of aromatic nitrogens is 3. The molecule has 0 saturated carbocycles. The summed E-state index contributed by atoms with van der Waals surface area (Å²) in [6.07, 6.45) is 2.85. The molecule has 1 aromatic rings. The molecule has 0 bridgehead atoms. The summed E-state index contributed by atoms with van der Waals surface area (Å²) in [6.45, 7) is -0.290. The molecule has 5 heteroatoms. The molecule has 0 atom stereocenters. The molecule has 1 N–H and O–H groups in total. The van der Waals surface area contributed by atoms with Crippen LogP contribution in [0.1, 0.15) is 0 Å². The fourth-order valence-corrected chi connectivity index (χ4v) is 0.557. The van der Waals surface area contributed by atoms with Crippen LogP contribution in [0.4, 0.5) is 0 Å². The van der Waals surface area contributed by atoms with Gasteiger partial charge < -0.3 is 9.67 Å². The number of ketones is 1. The fourth-order valence-electron chi connectivity index (χ4n) is 0.557. The second kappa shape index (κ2) is 3.07. The standard InChI is InChI=1S/C5H7N3O2/c9-2-5(10)1-8-3-6-7-4-8/h3-4,9H,1-2H2. The topological polar surface area (TPSA) is 68.0 Å². The van der Waals surface area contributed by atoms with Gasteiger partial charge in [0.2, 0.25) is 0 Å². The second-order valence-corrected chi connectivity index (χ2v) is 1.83. The van der Waals surface area contributed by atoms with Crippen molar-refractivity contribution in [1.29, 1.82) is 0 Å². The summed E-state index contributed by atoms with van der Waals surface area (Å²) >= 11 is 0. The largest absolute Gasteiger partial charge is 0.389 e. The summed E-state index contributed by atoms with van der Waals surface area (Å²) in [5.41, 5.74) is 0. The van der Waals surface area contributed by atoms with Crippen LogP contribution >= 0.6 is 0 Å². The molecule has 1 aromatic heterocycles. The highest BCUT2D eigenvalue weighted by atomic mass is 16.3. The van der Waals surface area contributed by atoms with Gasteiger partial charge in [0.15, 0.2) is 5.78 Å². The number of Topliss-reactive ketones (excluding diaryl/α,β-unsaturated/α-hetero) is 1. The lowest BCUT2D eigenvalue weighted by Crippen LogP contribution is -2.11. The van der Waals surface area contributed by atoms with Crippen molar-refractivity contribution >= 4 is 5.78 Å². The van der Waals surface area contributed by atoms with Gasteiger partial charge in [0.25, 0.3) is 0 Å². The average molecular weight is 141 g/mol. The molecule has 0 amide bonds. The van der Waals surface area contributed by atoms with E-state index in [0.29, 0.717) is 0 Å². The van der Waals surface area contributed by atoms with Crippen LogP contribution in [-0.2, 0) is 11.3 Å². The molecule has 0 unspecified atom stereocenters. The van der Waals surface area contributed by atoms with Crippen LogP contribution < -0.4 is 0 Å². The van der Waals surface area contributed by atoms with Gasteiger partial charge in [-0.15, -0.1) is 10.2 Å². The van der Waals surface area contributed by atoms with E-state index in [0.717, 1.165) is 0 Å². The minimum Gasteiger partial charge on any atom is -0.389 e. The van der Waals surface area contributed by atoms with Crippen LogP contribution in [0.3, 0.4) is 0 Å². The summed E-state index contributed by atoms with van der Waals surface area (Å²) in [5, 5.41) is 15.3. The van der Waals surface area contributed by atoms with Crippen molar-refractivity contribution in [3.63, 3.8) is 0 Å². The maximum atomic E-state index is 10.6.